The zero-order chi connectivity index (χ0) is 8.39. The summed E-state index contributed by atoms with van der Waals surface area (Å²) in [4.78, 5) is 4.08. The van der Waals surface area contributed by atoms with Crippen molar-refractivity contribution in [1.82, 2.24) is 4.98 Å². The summed E-state index contributed by atoms with van der Waals surface area (Å²) in [7, 11) is 0. The number of pyridine rings is 1. The maximum atomic E-state index is 5.57. The van der Waals surface area contributed by atoms with Crippen molar-refractivity contribution in [2.24, 2.45) is 5.73 Å². The smallest absolute Gasteiger partial charge is 0.123 e. The highest BCUT2D eigenvalue weighted by Gasteiger charge is 2.23. The summed E-state index contributed by atoms with van der Waals surface area (Å²) in [6.45, 7) is 0.474. The first kappa shape index (κ1) is 7.55. The summed E-state index contributed by atoms with van der Waals surface area (Å²) in [5, 5.41) is 0. The Labute approximate surface area is 71.6 Å². The molecule has 64 valence electrons. The molecule has 0 amide bonds. The van der Waals surface area contributed by atoms with Crippen molar-refractivity contribution in [3.8, 4) is 5.75 Å². The van der Waals surface area contributed by atoms with Crippen LogP contribution in [0.5, 0.6) is 5.75 Å². The standard InChI is InChI=1S/C9H12N2O/c10-6-7-5-9(3-4-11-7)12-8-1-2-8/h3-5,8H,1-2,6,10H2. The molecule has 0 spiro atoms. The first-order chi connectivity index (χ1) is 5.88. The average molecular weight is 164 g/mol. The molecule has 1 aliphatic carbocycles. The Hall–Kier alpha value is -1.09. The highest BCUT2D eigenvalue weighted by Crippen LogP contribution is 2.26. The van der Waals surface area contributed by atoms with E-state index in [1.807, 2.05) is 12.1 Å². The number of nitrogens with two attached hydrogens (primary N) is 1. The van der Waals surface area contributed by atoms with Crippen molar-refractivity contribution < 1.29 is 4.74 Å². The third-order valence-electron chi connectivity index (χ3n) is 1.82. The minimum atomic E-state index is 0.443. The number of nitrogens with zero attached hydrogens (tertiary/aromatic N) is 1. The Bertz CT molecular complexity index is 271. The van der Waals surface area contributed by atoms with Gasteiger partial charge >= 0.3 is 0 Å². The van der Waals surface area contributed by atoms with E-state index in [9.17, 15) is 0 Å². The molecule has 0 bridgehead atoms. The summed E-state index contributed by atoms with van der Waals surface area (Å²) < 4.78 is 5.57. The van der Waals surface area contributed by atoms with Gasteiger partial charge in [0, 0.05) is 18.8 Å². The monoisotopic (exact) mass is 164 g/mol. The molecule has 1 saturated carbocycles. The van der Waals surface area contributed by atoms with Gasteiger partial charge < -0.3 is 10.5 Å². The van der Waals surface area contributed by atoms with Gasteiger partial charge in [0.1, 0.15) is 5.75 Å². The Kier molecular flexibility index (Phi) is 1.96. The van der Waals surface area contributed by atoms with Gasteiger partial charge in [-0.3, -0.25) is 4.98 Å². The number of aromatic nitrogens is 1. The van der Waals surface area contributed by atoms with Gasteiger partial charge in [0.15, 0.2) is 0 Å². The molecule has 0 unspecified atom stereocenters. The second-order valence-electron chi connectivity index (χ2n) is 3.00. The molecule has 3 nitrogen and oxygen atoms in total. The molecule has 1 fully saturated rings. The Balaban J connectivity index is 2.08. The van der Waals surface area contributed by atoms with E-state index >= 15 is 0 Å². The van der Waals surface area contributed by atoms with E-state index in [1.54, 1.807) is 6.20 Å². The zero-order valence-electron chi connectivity index (χ0n) is 6.86. The van der Waals surface area contributed by atoms with Gasteiger partial charge in [-0.1, -0.05) is 0 Å². The fraction of sp³-hybridized carbons (Fsp3) is 0.444. The topological polar surface area (TPSA) is 48.1 Å². The molecule has 2 rings (SSSR count). The molecule has 1 heterocycles. The summed E-state index contributed by atoms with van der Waals surface area (Å²) in [5.41, 5.74) is 6.33. The van der Waals surface area contributed by atoms with Gasteiger partial charge in [0.05, 0.1) is 11.8 Å². The molecule has 1 aromatic rings. The minimum Gasteiger partial charge on any atom is -0.490 e. The van der Waals surface area contributed by atoms with Gasteiger partial charge in [0.2, 0.25) is 0 Å². The van der Waals surface area contributed by atoms with Crippen LogP contribution in [-0.4, -0.2) is 11.1 Å². The summed E-state index contributed by atoms with van der Waals surface area (Å²) in [5.74, 6) is 0.896. The van der Waals surface area contributed by atoms with Crippen LogP contribution in [0.1, 0.15) is 18.5 Å². The molecule has 1 aromatic heterocycles. The lowest BCUT2D eigenvalue weighted by Crippen LogP contribution is -2.01. The van der Waals surface area contributed by atoms with Crippen molar-refractivity contribution in [2.45, 2.75) is 25.5 Å². The molecule has 3 heteroatoms. The number of hydrogen-bond acceptors (Lipinski definition) is 3. The molecule has 0 atom stereocenters. The third-order valence-corrected chi connectivity index (χ3v) is 1.82. The number of ether oxygens (including phenoxy) is 1. The van der Waals surface area contributed by atoms with E-state index in [0.29, 0.717) is 12.6 Å². The van der Waals surface area contributed by atoms with Gasteiger partial charge in [0.25, 0.3) is 0 Å². The number of hydrogen-bond donors (Lipinski definition) is 1. The first-order valence-electron chi connectivity index (χ1n) is 4.20. The molecule has 0 aliphatic heterocycles. The second kappa shape index (κ2) is 3.11. The fourth-order valence-corrected chi connectivity index (χ4v) is 1.02. The lowest BCUT2D eigenvalue weighted by Gasteiger charge is -2.04. The van der Waals surface area contributed by atoms with Crippen LogP contribution in [0, 0.1) is 0 Å². The zero-order valence-corrected chi connectivity index (χ0v) is 6.86. The van der Waals surface area contributed by atoms with Crippen LogP contribution in [0.15, 0.2) is 18.3 Å². The number of rotatable bonds is 3. The van der Waals surface area contributed by atoms with Crippen LogP contribution < -0.4 is 10.5 Å². The van der Waals surface area contributed by atoms with E-state index in [4.69, 9.17) is 10.5 Å². The Morgan fingerprint density at radius 2 is 2.42 bits per heavy atom. The summed E-state index contributed by atoms with van der Waals surface area (Å²) >= 11 is 0. The summed E-state index contributed by atoms with van der Waals surface area (Å²) in [6, 6.07) is 3.77. The minimum absolute atomic E-state index is 0.443. The largest absolute Gasteiger partial charge is 0.490 e. The Morgan fingerprint density at radius 3 is 3.08 bits per heavy atom. The van der Waals surface area contributed by atoms with Crippen LogP contribution in [0.3, 0.4) is 0 Å². The quantitative estimate of drug-likeness (QED) is 0.727. The SMILES string of the molecule is NCc1cc(OC2CC2)ccn1. The molecular weight excluding hydrogens is 152 g/mol. The molecule has 1 aliphatic rings. The van der Waals surface area contributed by atoms with Gasteiger partial charge in [-0.25, -0.2) is 0 Å². The average Bonchev–Trinajstić information content (AvgIpc) is 2.89. The molecule has 2 N–H and O–H groups in total. The van der Waals surface area contributed by atoms with Crippen LogP contribution in [-0.2, 0) is 6.54 Å². The van der Waals surface area contributed by atoms with Crippen molar-refractivity contribution in [3.05, 3.63) is 24.0 Å². The predicted molar refractivity (Wildman–Crippen MR) is 45.8 cm³/mol. The highest BCUT2D eigenvalue weighted by atomic mass is 16.5. The van der Waals surface area contributed by atoms with Crippen molar-refractivity contribution >= 4 is 0 Å². The predicted octanol–water partition coefficient (Wildman–Crippen LogP) is 1.08. The van der Waals surface area contributed by atoms with Crippen LogP contribution in [0.25, 0.3) is 0 Å². The fourth-order valence-electron chi connectivity index (χ4n) is 1.02. The van der Waals surface area contributed by atoms with Gasteiger partial charge in [-0.15, -0.1) is 0 Å². The third kappa shape index (κ3) is 1.74. The van der Waals surface area contributed by atoms with Gasteiger partial charge in [-0.05, 0) is 18.9 Å². The van der Waals surface area contributed by atoms with Crippen LogP contribution in [0.2, 0.25) is 0 Å². The van der Waals surface area contributed by atoms with Crippen LogP contribution >= 0.6 is 0 Å². The lowest BCUT2D eigenvalue weighted by molar-refractivity contribution is 0.302. The van der Waals surface area contributed by atoms with Gasteiger partial charge in [-0.2, -0.15) is 0 Å². The van der Waals surface area contributed by atoms with E-state index < -0.39 is 0 Å². The molecule has 0 radical (unpaired) electrons. The van der Waals surface area contributed by atoms with E-state index in [1.165, 1.54) is 12.8 Å². The van der Waals surface area contributed by atoms with E-state index in [0.717, 1.165) is 11.4 Å². The van der Waals surface area contributed by atoms with Crippen molar-refractivity contribution in [1.29, 1.82) is 0 Å². The molecule has 0 aromatic carbocycles. The Morgan fingerprint density at radius 1 is 1.58 bits per heavy atom. The molecule has 0 saturated heterocycles. The highest BCUT2D eigenvalue weighted by molar-refractivity contribution is 5.23. The molecule has 12 heavy (non-hydrogen) atoms. The summed E-state index contributed by atoms with van der Waals surface area (Å²) in [6.07, 6.45) is 4.54. The first-order valence-corrected chi connectivity index (χ1v) is 4.20. The van der Waals surface area contributed by atoms with E-state index in [-0.39, 0.29) is 0 Å². The molecular formula is C9H12N2O. The van der Waals surface area contributed by atoms with E-state index in [2.05, 4.69) is 4.98 Å². The lowest BCUT2D eigenvalue weighted by atomic mass is 10.3. The van der Waals surface area contributed by atoms with Crippen molar-refractivity contribution in [3.63, 3.8) is 0 Å². The second-order valence-corrected chi connectivity index (χ2v) is 3.00. The maximum Gasteiger partial charge on any atom is 0.123 e. The maximum absolute atomic E-state index is 5.57. The van der Waals surface area contributed by atoms with Crippen molar-refractivity contribution in [2.75, 3.05) is 0 Å². The normalized spacial score (nSPS) is 16.1. The van der Waals surface area contributed by atoms with Crippen LogP contribution in [0.4, 0.5) is 0 Å².